The number of nitrogens with one attached hydrogen (secondary N) is 2. The quantitative estimate of drug-likeness (QED) is 0.336. The molecule has 1 aliphatic heterocycles. The summed E-state index contributed by atoms with van der Waals surface area (Å²) in [5, 5.41) is 23.5. The number of hydrogen-bond acceptors (Lipinski definition) is 6. The second kappa shape index (κ2) is 9.65. The molecule has 27 heavy (non-hydrogen) atoms. The van der Waals surface area contributed by atoms with Crippen LogP contribution in [-0.4, -0.2) is 75.6 Å². The van der Waals surface area contributed by atoms with E-state index < -0.39 is 48.1 Å². The summed E-state index contributed by atoms with van der Waals surface area (Å²) >= 11 is 0. The molecule has 0 bridgehead atoms. The van der Waals surface area contributed by atoms with Crippen molar-refractivity contribution in [3.05, 3.63) is 0 Å². The molecule has 154 valence electrons. The summed E-state index contributed by atoms with van der Waals surface area (Å²) in [5.41, 5.74) is 5.62. The van der Waals surface area contributed by atoms with Crippen LogP contribution in [0.3, 0.4) is 0 Å². The SMILES string of the molecule is CC(N)C(=O)N1CCCC1C(=O)NC(C(=O)NC(C(=O)O)C(C)O)C(C)C. The predicted octanol–water partition coefficient (Wildman–Crippen LogP) is -1.58. The number of nitrogens with zero attached hydrogens (tertiary/aromatic N) is 1. The van der Waals surface area contributed by atoms with E-state index >= 15 is 0 Å². The van der Waals surface area contributed by atoms with Gasteiger partial charge in [0.2, 0.25) is 17.7 Å². The molecule has 10 nitrogen and oxygen atoms in total. The van der Waals surface area contributed by atoms with Crippen LogP contribution >= 0.6 is 0 Å². The monoisotopic (exact) mass is 386 g/mol. The van der Waals surface area contributed by atoms with Crippen molar-refractivity contribution in [1.82, 2.24) is 15.5 Å². The zero-order valence-electron chi connectivity index (χ0n) is 16.1. The number of amides is 3. The number of aliphatic hydroxyl groups excluding tert-OH is 1. The van der Waals surface area contributed by atoms with E-state index in [0.29, 0.717) is 19.4 Å². The van der Waals surface area contributed by atoms with Crippen LogP contribution < -0.4 is 16.4 Å². The highest BCUT2D eigenvalue weighted by molar-refractivity contribution is 5.94. The molecule has 1 rings (SSSR count). The van der Waals surface area contributed by atoms with Crippen molar-refractivity contribution in [2.45, 2.75) is 70.8 Å². The Kier molecular flexibility index (Phi) is 8.17. The summed E-state index contributed by atoms with van der Waals surface area (Å²) in [7, 11) is 0. The van der Waals surface area contributed by atoms with Crippen LogP contribution in [0.5, 0.6) is 0 Å². The van der Waals surface area contributed by atoms with Crippen molar-refractivity contribution < 1.29 is 29.4 Å². The summed E-state index contributed by atoms with van der Waals surface area (Å²) in [6, 6.07) is -3.95. The van der Waals surface area contributed by atoms with Gasteiger partial charge >= 0.3 is 5.97 Å². The molecule has 0 aromatic carbocycles. The van der Waals surface area contributed by atoms with E-state index in [0.717, 1.165) is 0 Å². The molecular weight excluding hydrogens is 356 g/mol. The van der Waals surface area contributed by atoms with Gasteiger partial charge in [0.1, 0.15) is 12.1 Å². The zero-order chi connectivity index (χ0) is 20.9. The highest BCUT2D eigenvalue weighted by Gasteiger charge is 2.38. The van der Waals surface area contributed by atoms with Crippen molar-refractivity contribution in [3.8, 4) is 0 Å². The average Bonchev–Trinajstić information content (AvgIpc) is 3.04. The Morgan fingerprint density at radius 3 is 2.11 bits per heavy atom. The van der Waals surface area contributed by atoms with Crippen LogP contribution in [0, 0.1) is 5.92 Å². The van der Waals surface area contributed by atoms with E-state index in [-0.39, 0.29) is 11.8 Å². The Bertz CT molecular complexity index is 578. The van der Waals surface area contributed by atoms with Gasteiger partial charge in [0.15, 0.2) is 6.04 Å². The van der Waals surface area contributed by atoms with E-state index in [9.17, 15) is 24.3 Å². The highest BCUT2D eigenvalue weighted by atomic mass is 16.4. The average molecular weight is 386 g/mol. The van der Waals surface area contributed by atoms with Crippen molar-refractivity contribution in [1.29, 1.82) is 0 Å². The third kappa shape index (κ3) is 5.90. The molecule has 0 aliphatic carbocycles. The number of hydrogen-bond donors (Lipinski definition) is 5. The molecule has 6 N–H and O–H groups in total. The summed E-state index contributed by atoms with van der Waals surface area (Å²) < 4.78 is 0. The Balaban J connectivity index is 2.87. The van der Waals surface area contributed by atoms with Crippen LogP contribution in [0.1, 0.15) is 40.5 Å². The van der Waals surface area contributed by atoms with E-state index in [4.69, 9.17) is 10.8 Å². The van der Waals surface area contributed by atoms with E-state index in [1.54, 1.807) is 20.8 Å². The first kappa shape index (κ1) is 22.8. The Morgan fingerprint density at radius 1 is 1.07 bits per heavy atom. The van der Waals surface area contributed by atoms with Crippen LogP contribution in [0.25, 0.3) is 0 Å². The van der Waals surface area contributed by atoms with Gasteiger partial charge in [-0.15, -0.1) is 0 Å². The second-order valence-electron chi connectivity index (χ2n) is 7.27. The summed E-state index contributed by atoms with van der Waals surface area (Å²) in [4.78, 5) is 49.9. The van der Waals surface area contributed by atoms with Gasteiger partial charge in [0, 0.05) is 6.54 Å². The highest BCUT2D eigenvalue weighted by Crippen LogP contribution is 2.19. The lowest BCUT2D eigenvalue weighted by Crippen LogP contribution is -2.59. The van der Waals surface area contributed by atoms with Gasteiger partial charge in [-0.05, 0) is 32.6 Å². The van der Waals surface area contributed by atoms with Crippen molar-refractivity contribution >= 4 is 23.7 Å². The molecule has 0 radical (unpaired) electrons. The number of aliphatic hydroxyl groups is 1. The maximum absolute atomic E-state index is 12.7. The van der Waals surface area contributed by atoms with Crippen LogP contribution in [0.2, 0.25) is 0 Å². The zero-order valence-corrected chi connectivity index (χ0v) is 16.1. The fourth-order valence-corrected chi connectivity index (χ4v) is 2.98. The Hall–Kier alpha value is -2.20. The Labute approximate surface area is 158 Å². The van der Waals surface area contributed by atoms with Crippen molar-refractivity contribution in [3.63, 3.8) is 0 Å². The maximum Gasteiger partial charge on any atom is 0.328 e. The van der Waals surface area contributed by atoms with E-state index in [2.05, 4.69) is 10.6 Å². The van der Waals surface area contributed by atoms with Gasteiger partial charge in [-0.3, -0.25) is 14.4 Å². The van der Waals surface area contributed by atoms with Gasteiger partial charge in [-0.1, -0.05) is 13.8 Å². The smallest absolute Gasteiger partial charge is 0.328 e. The molecule has 10 heteroatoms. The summed E-state index contributed by atoms with van der Waals surface area (Å²) in [6.45, 7) is 6.60. The minimum Gasteiger partial charge on any atom is -0.480 e. The number of carbonyl (C=O) groups excluding carboxylic acids is 3. The van der Waals surface area contributed by atoms with Crippen LogP contribution in [0.15, 0.2) is 0 Å². The standard InChI is InChI=1S/C17H30N4O6/c1-8(2)12(15(24)20-13(10(4)22)17(26)27)19-14(23)11-6-5-7-21(11)16(25)9(3)18/h8-13,22H,5-7,18H2,1-4H3,(H,19,23)(H,20,24)(H,26,27). The lowest BCUT2D eigenvalue weighted by Gasteiger charge is -2.29. The number of carboxylic acids is 1. The first-order valence-corrected chi connectivity index (χ1v) is 9.05. The Morgan fingerprint density at radius 2 is 1.67 bits per heavy atom. The normalized spacial score (nSPS) is 21.3. The molecule has 5 atom stereocenters. The first-order valence-electron chi connectivity index (χ1n) is 9.05. The molecule has 0 aromatic rings. The minimum absolute atomic E-state index is 0.335. The van der Waals surface area contributed by atoms with Gasteiger partial charge < -0.3 is 31.5 Å². The molecular formula is C17H30N4O6. The van der Waals surface area contributed by atoms with Gasteiger partial charge in [0.25, 0.3) is 0 Å². The molecule has 5 unspecified atom stereocenters. The number of nitrogens with two attached hydrogens (primary N) is 1. The molecule has 1 saturated heterocycles. The number of carbonyl (C=O) groups is 4. The molecule has 0 saturated carbocycles. The van der Waals surface area contributed by atoms with E-state index in [1.807, 2.05) is 0 Å². The van der Waals surface area contributed by atoms with Crippen LogP contribution in [0.4, 0.5) is 0 Å². The third-order valence-corrected chi connectivity index (χ3v) is 4.52. The number of likely N-dealkylation sites (tertiary alicyclic amines) is 1. The lowest BCUT2D eigenvalue weighted by atomic mass is 10.0. The van der Waals surface area contributed by atoms with Crippen molar-refractivity contribution in [2.75, 3.05) is 6.54 Å². The molecule has 1 fully saturated rings. The van der Waals surface area contributed by atoms with Crippen LogP contribution in [-0.2, 0) is 19.2 Å². The molecule has 0 aromatic heterocycles. The first-order chi connectivity index (χ1) is 12.5. The molecule has 1 heterocycles. The maximum atomic E-state index is 12.7. The second-order valence-corrected chi connectivity index (χ2v) is 7.27. The fourth-order valence-electron chi connectivity index (χ4n) is 2.98. The number of aliphatic carboxylic acids is 1. The third-order valence-electron chi connectivity index (χ3n) is 4.52. The minimum atomic E-state index is -1.49. The molecule has 1 aliphatic rings. The number of carboxylic acid groups (broad SMARTS) is 1. The largest absolute Gasteiger partial charge is 0.480 e. The fraction of sp³-hybridized carbons (Fsp3) is 0.765. The summed E-state index contributed by atoms with van der Waals surface area (Å²) in [5.74, 6) is -3.25. The van der Waals surface area contributed by atoms with Crippen molar-refractivity contribution in [2.24, 2.45) is 11.7 Å². The topological polar surface area (TPSA) is 162 Å². The molecule has 3 amide bonds. The molecule has 0 spiro atoms. The van der Waals surface area contributed by atoms with Gasteiger partial charge in [0.05, 0.1) is 12.1 Å². The summed E-state index contributed by atoms with van der Waals surface area (Å²) in [6.07, 6.45) is -0.190. The van der Waals surface area contributed by atoms with Gasteiger partial charge in [-0.2, -0.15) is 0 Å². The van der Waals surface area contributed by atoms with E-state index in [1.165, 1.54) is 11.8 Å². The number of rotatable bonds is 8. The van der Waals surface area contributed by atoms with Gasteiger partial charge in [-0.25, -0.2) is 4.79 Å². The predicted molar refractivity (Wildman–Crippen MR) is 96.4 cm³/mol. The lowest BCUT2D eigenvalue weighted by molar-refractivity contribution is -0.146.